The lowest BCUT2D eigenvalue weighted by Crippen LogP contribution is -2.54. The molecule has 4 nitrogen and oxygen atoms in total. The van der Waals surface area contributed by atoms with Gasteiger partial charge in [-0.3, -0.25) is 0 Å². The van der Waals surface area contributed by atoms with E-state index in [1.807, 2.05) is 62.4 Å². The number of ether oxygens (including phenoxy) is 1. The third-order valence-corrected chi connectivity index (χ3v) is 7.45. The SMILES string of the molecule is C=CC(C)(C)[C@@H](NC(=O)OCc1ccccc1)C(=S)N1[C@@H](c2ccccc2)CC[C@@H]1c1ccccc1. The van der Waals surface area contributed by atoms with Crippen LogP contribution >= 0.6 is 12.2 Å². The summed E-state index contributed by atoms with van der Waals surface area (Å²) in [4.78, 5) is 16.0. The first-order chi connectivity index (χ1) is 17.4. The molecule has 0 aliphatic carbocycles. The van der Waals surface area contributed by atoms with Crippen molar-refractivity contribution in [3.63, 3.8) is 0 Å². The molecule has 0 aromatic heterocycles. The molecule has 0 unspecified atom stereocenters. The van der Waals surface area contributed by atoms with Crippen LogP contribution in [0.2, 0.25) is 0 Å². The van der Waals surface area contributed by atoms with Crippen LogP contribution in [-0.4, -0.2) is 22.0 Å². The number of alkyl carbamates (subject to hydrolysis) is 1. The molecule has 36 heavy (non-hydrogen) atoms. The van der Waals surface area contributed by atoms with E-state index in [9.17, 15) is 4.79 Å². The van der Waals surface area contributed by atoms with Gasteiger partial charge < -0.3 is 15.0 Å². The summed E-state index contributed by atoms with van der Waals surface area (Å²) < 4.78 is 5.57. The Labute approximate surface area is 220 Å². The van der Waals surface area contributed by atoms with Crippen LogP contribution in [0.25, 0.3) is 0 Å². The van der Waals surface area contributed by atoms with Crippen molar-refractivity contribution in [3.05, 3.63) is 120 Å². The fourth-order valence-corrected chi connectivity index (χ4v) is 5.46. The van der Waals surface area contributed by atoms with Crippen molar-refractivity contribution in [2.24, 2.45) is 5.41 Å². The Morgan fingerprint density at radius 3 is 1.92 bits per heavy atom. The van der Waals surface area contributed by atoms with Gasteiger partial charge in [0.15, 0.2) is 0 Å². The number of hydrogen-bond acceptors (Lipinski definition) is 3. The lowest BCUT2D eigenvalue weighted by Gasteiger charge is -2.41. The first-order valence-corrected chi connectivity index (χ1v) is 12.8. The minimum atomic E-state index is -0.493. The largest absolute Gasteiger partial charge is 0.445 e. The lowest BCUT2D eigenvalue weighted by molar-refractivity contribution is 0.132. The van der Waals surface area contributed by atoms with Gasteiger partial charge in [-0.2, -0.15) is 0 Å². The average Bonchev–Trinajstić information content (AvgIpc) is 3.37. The van der Waals surface area contributed by atoms with Crippen molar-refractivity contribution in [1.29, 1.82) is 0 Å². The molecule has 186 valence electrons. The van der Waals surface area contributed by atoms with E-state index in [4.69, 9.17) is 17.0 Å². The van der Waals surface area contributed by atoms with E-state index in [-0.39, 0.29) is 18.7 Å². The molecule has 0 bridgehead atoms. The van der Waals surface area contributed by atoms with E-state index in [1.54, 1.807) is 0 Å². The Kier molecular flexibility index (Phi) is 8.21. The number of carbonyl (C=O) groups is 1. The number of carbonyl (C=O) groups excluding carboxylic acids is 1. The fourth-order valence-electron chi connectivity index (χ4n) is 4.84. The first-order valence-electron chi connectivity index (χ1n) is 12.4. The maximum absolute atomic E-state index is 13.0. The number of nitrogens with zero attached hydrogens (tertiary/aromatic N) is 1. The predicted octanol–water partition coefficient (Wildman–Crippen LogP) is 7.40. The van der Waals surface area contributed by atoms with Crippen LogP contribution in [0.3, 0.4) is 0 Å². The monoisotopic (exact) mass is 498 g/mol. The van der Waals surface area contributed by atoms with Crippen LogP contribution in [0, 0.1) is 5.41 Å². The fraction of sp³-hybridized carbons (Fsp3) is 0.290. The topological polar surface area (TPSA) is 41.6 Å². The van der Waals surface area contributed by atoms with Gasteiger partial charge in [0.25, 0.3) is 0 Å². The first kappa shape index (κ1) is 25.6. The summed E-state index contributed by atoms with van der Waals surface area (Å²) in [5, 5.41) is 3.08. The van der Waals surface area contributed by atoms with Gasteiger partial charge in [-0.25, -0.2) is 4.79 Å². The van der Waals surface area contributed by atoms with Crippen molar-refractivity contribution < 1.29 is 9.53 Å². The Bertz CT molecular complexity index is 1120. The molecule has 1 amide bonds. The molecule has 1 heterocycles. The average molecular weight is 499 g/mol. The summed E-state index contributed by atoms with van der Waals surface area (Å²) in [6.07, 6.45) is 3.31. The van der Waals surface area contributed by atoms with Gasteiger partial charge in [0.1, 0.15) is 11.6 Å². The second-order valence-electron chi connectivity index (χ2n) is 9.84. The van der Waals surface area contributed by atoms with Crippen LogP contribution in [-0.2, 0) is 11.3 Å². The molecule has 0 spiro atoms. The third-order valence-electron chi connectivity index (χ3n) is 7.00. The van der Waals surface area contributed by atoms with Gasteiger partial charge in [0.05, 0.1) is 18.1 Å². The minimum absolute atomic E-state index is 0.120. The molecule has 3 aromatic carbocycles. The van der Waals surface area contributed by atoms with Crippen molar-refractivity contribution >= 4 is 23.3 Å². The lowest BCUT2D eigenvalue weighted by atomic mass is 9.83. The summed E-state index contributed by atoms with van der Waals surface area (Å²) in [6, 6.07) is 30.4. The molecule has 0 radical (unpaired) electrons. The Balaban J connectivity index is 1.63. The van der Waals surface area contributed by atoms with Crippen LogP contribution in [0.15, 0.2) is 104 Å². The molecule has 1 fully saturated rings. The molecular weight excluding hydrogens is 464 g/mol. The quantitative estimate of drug-likeness (QED) is 0.259. The van der Waals surface area contributed by atoms with Gasteiger partial charge in [-0.1, -0.05) is 123 Å². The van der Waals surface area contributed by atoms with Gasteiger partial charge >= 0.3 is 6.09 Å². The summed E-state index contributed by atoms with van der Waals surface area (Å²) in [5.74, 6) is 0. The van der Waals surface area contributed by atoms with Crippen LogP contribution < -0.4 is 5.32 Å². The molecule has 4 rings (SSSR count). The van der Waals surface area contributed by atoms with Gasteiger partial charge in [0.2, 0.25) is 0 Å². The highest BCUT2D eigenvalue weighted by molar-refractivity contribution is 7.80. The van der Waals surface area contributed by atoms with E-state index in [2.05, 4.69) is 65.3 Å². The Morgan fingerprint density at radius 2 is 1.44 bits per heavy atom. The van der Waals surface area contributed by atoms with Crippen molar-refractivity contribution in [2.45, 2.75) is 51.4 Å². The number of thiocarbonyl (C=S) groups is 1. The molecule has 1 N–H and O–H groups in total. The van der Waals surface area contributed by atoms with Crippen LogP contribution in [0.4, 0.5) is 4.79 Å². The molecule has 0 saturated carbocycles. The summed E-state index contributed by atoms with van der Waals surface area (Å²) >= 11 is 6.21. The highest BCUT2D eigenvalue weighted by Crippen LogP contribution is 2.45. The second kappa shape index (κ2) is 11.5. The summed E-state index contributed by atoms with van der Waals surface area (Å²) in [7, 11) is 0. The van der Waals surface area contributed by atoms with Gasteiger partial charge in [-0.05, 0) is 29.5 Å². The number of nitrogens with one attached hydrogen (secondary N) is 1. The molecule has 1 aliphatic heterocycles. The zero-order valence-electron chi connectivity index (χ0n) is 21.0. The molecular formula is C31H34N2O2S. The highest BCUT2D eigenvalue weighted by atomic mass is 32.1. The molecule has 3 aromatic rings. The molecule has 1 aliphatic rings. The number of rotatable bonds is 8. The van der Waals surface area contributed by atoms with Gasteiger partial charge in [0, 0.05) is 5.41 Å². The standard InChI is InChI=1S/C31H34N2O2S/c1-4-31(2,3)28(32-30(34)35-22-23-14-8-5-9-15-23)29(36)33-26(24-16-10-6-11-17-24)20-21-27(33)25-18-12-7-13-19-25/h4-19,26-28H,1,20-22H2,2-3H3,(H,32,34)/t26-,27-,28+/m1/s1. The van der Waals surface area contributed by atoms with Crippen molar-refractivity contribution in [3.8, 4) is 0 Å². The minimum Gasteiger partial charge on any atom is -0.445 e. The van der Waals surface area contributed by atoms with E-state index >= 15 is 0 Å². The van der Waals surface area contributed by atoms with Crippen LogP contribution in [0.1, 0.15) is 55.5 Å². The van der Waals surface area contributed by atoms with E-state index in [0.29, 0.717) is 4.99 Å². The maximum atomic E-state index is 13.0. The maximum Gasteiger partial charge on any atom is 0.408 e. The molecule has 1 saturated heterocycles. The Hall–Kier alpha value is -3.44. The number of likely N-dealkylation sites (tertiary alicyclic amines) is 1. The van der Waals surface area contributed by atoms with E-state index < -0.39 is 17.6 Å². The Morgan fingerprint density at radius 1 is 0.972 bits per heavy atom. The summed E-state index contributed by atoms with van der Waals surface area (Å²) in [5.41, 5.74) is 2.89. The normalized spacial score (nSPS) is 18.3. The van der Waals surface area contributed by atoms with Gasteiger partial charge in [-0.15, -0.1) is 6.58 Å². The summed E-state index contributed by atoms with van der Waals surface area (Å²) in [6.45, 7) is 8.33. The smallest absolute Gasteiger partial charge is 0.408 e. The van der Waals surface area contributed by atoms with E-state index in [0.717, 1.165) is 18.4 Å². The molecule has 5 heteroatoms. The predicted molar refractivity (Wildman–Crippen MR) is 150 cm³/mol. The zero-order chi connectivity index (χ0) is 25.5. The van der Waals surface area contributed by atoms with E-state index in [1.165, 1.54) is 11.1 Å². The number of amides is 1. The van der Waals surface area contributed by atoms with Crippen LogP contribution in [0.5, 0.6) is 0 Å². The number of hydrogen-bond donors (Lipinski definition) is 1. The zero-order valence-corrected chi connectivity index (χ0v) is 21.8. The second-order valence-corrected chi connectivity index (χ2v) is 10.3. The third kappa shape index (κ3) is 5.85. The van der Waals surface area contributed by atoms with Crippen molar-refractivity contribution in [2.75, 3.05) is 0 Å². The highest BCUT2D eigenvalue weighted by Gasteiger charge is 2.43. The number of benzene rings is 3. The molecule has 3 atom stereocenters. The van der Waals surface area contributed by atoms with Crippen molar-refractivity contribution in [1.82, 2.24) is 10.2 Å².